The molecule has 3 rings (SSSR count). The number of halogens is 2. The number of piperidine rings is 1. The van der Waals surface area contributed by atoms with Crippen molar-refractivity contribution in [3.8, 4) is 0 Å². The van der Waals surface area contributed by atoms with Crippen LogP contribution in [-0.4, -0.2) is 30.0 Å². The maximum atomic E-state index is 13.4. The van der Waals surface area contributed by atoms with Gasteiger partial charge in [0.15, 0.2) is 0 Å². The summed E-state index contributed by atoms with van der Waals surface area (Å²) in [7, 11) is 0. The lowest BCUT2D eigenvalue weighted by Gasteiger charge is -2.34. The second-order valence-electron chi connectivity index (χ2n) is 5.82. The number of fused-ring (bicyclic) bond motifs is 2. The minimum Gasteiger partial charge on any atom is -0.294 e. The topological polar surface area (TPSA) is 3.24 Å². The summed E-state index contributed by atoms with van der Waals surface area (Å²) in [5.41, 5.74) is 0.376. The van der Waals surface area contributed by atoms with Gasteiger partial charge in [-0.3, -0.25) is 4.90 Å². The van der Waals surface area contributed by atoms with Crippen LogP contribution >= 0.6 is 0 Å². The number of likely N-dealkylation sites (tertiary alicyclic amines) is 1. The zero-order valence-corrected chi connectivity index (χ0v) is 8.60. The summed E-state index contributed by atoms with van der Waals surface area (Å²) in [6.07, 6.45) is 3.34. The van der Waals surface area contributed by atoms with Crippen molar-refractivity contribution in [2.75, 3.05) is 13.1 Å². The smallest absolute Gasteiger partial charge is 0.263 e. The molecule has 1 saturated heterocycles. The maximum Gasteiger partial charge on any atom is 0.263 e. The van der Waals surface area contributed by atoms with Gasteiger partial charge in [-0.15, -0.1) is 0 Å². The fourth-order valence-electron chi connectivity index (χ4n) is 3.14. The molecule has 3 aliphatic rings. The van der Waals surface area contributed by atoms with Crippen LogP contribution in [0.3, 0.4) is 0 Å². The van der Waals surface area contributed by atoms with E-state index in [-0.39, 0.29) is 12.3 Å². The average molecular weight is 201 g/mol. The highest BCUT2D eigenvalue weighted by molar-refractivity contribution is 5.05. The Labute approximate surface area is 83.5 Å². The van der Waals surface area contributed by atoms with Crippen molar-refractivity contribution in [3.05, 3.63) is 0 Å². The van der Waals surface area contributed by atoms with Crippen LogP contribution in [0.1, 0.15) is 32.6 Å². The number of hydrogen-bond donors (Lipinski definition) is 0. The Bertz CT molecular complexity index is 260. The molecular weight excluding hydrogens is 184 g/mol. The molecule has 0 radical (unpaired) electrons. The van der Waals surface area contributed by atoms with Gasteiger partial charge in [0.25, 0.3) is 5.92 Å². The first kappa shape index (κ1) is 9.08. The van der Waals surface area contributed by atoms with E-state index >= 15 is 0 Å². The van der Waals surface area contributed by atoms with Crippen LogP contribution < -0.4 is 0 Å². The van der Waals surface area contributed by atoms with Gasteiger partial charge in [0.2, 0.25) is 0 Å². The first-order valence-electron chi connectivity index (χ1n) is 5.60. The maximum absolute atomic E-state index is 13.4. The minimum atomic E-state index is -2.39. The molecule has 2 atom stereocenters. The molecule has 3 fully saturated rings. The van der Waals surface area contributed by atoms with Crippen molar-refractivity contribution in [2.24, 2.45) is 11.3 Å². The number of rotatable bonds is 2. The molecule has 14 heavy (non-hydrogen) atoms. The van der Waals surface area contributed by atoms with Gasteiger partial charge in [0.1, 0.15) is 0 Å². The molecule has 1 aliphatic heterocycles. The normalized spacial score (nSPS) is 43.1. The highest BCUT2D eigenvalue weighted by Gasteiger charge is 2.57. The molecule has 0 spiro atoms. The molecular formula is C11H17F2N. The Balaban J connectivity index is 1.71. The third-order valence-electron chi connectivity index (χ3n) is 4.23. The lowest BCUT2D eigenvalue weighted by molar-refractivity contribution is -0.0805. The van der Waals surface area contributed by atoms with Gasteiger partial charge in [-0.05, 0) is 30.6 Å². The average Bonchev–Trinajstić information content (AvgIpc) is 2.54. The molecule has 2 aliphatic carbocycles. The summed E-state index contributed by atoms with van der Waals surface area (Å²) in [4.78, 5) is 2.06. The fourth-order valence-corrected chi connectivity index (χ4v) is 3.14. The monoisotopic (exact) mass is 201 g/mol. The summed E-state index contributed by atoms with van der Waals surface area (Å²) in [5, 5.41) is 0. The zero-order valence-electron chi connectivity index (χ0n) is 8.60. The van der Waals surface area contributed by atoms with Crippen LogP contribution in [-0.2, 0) is 0 Å². The predicted octanol–water partition coefficient (Wildman–Crippen LogP) is 2.52. The van der Waals surface area contributed by atoms with E-state index in [0.717, 1.165) is 19.5 Å². The van der Waals surface area contributed by atoms with Crippen molar-refractivity contribution >= 4 is 0 Å². The van der Waals surface area contributed by atoms with Gasteiger partial charge in [-0.1, -0.05) is 6.92 Å². The number of nitrogens with zero attached hydrogens (tertiary/aromatic N) is 1. The van der Waals surface area contributed by atoms with Crippen LogP contribution in [0.25, 0.3) is 0 Å². The van der Waals surface area contributed by atoms with E-state index < -0.39 is 12.0 Å². The van der Waals surface area contributed by atoms with Crippen LogP contribution in [0, 0.1) is 11.3 Å². The Morgan fingerprint density at radius 2 is 2.07 bits per heavy atom. The summed E-state index contributed by atoms with van der Waals surface area (Å²) in [5.74, 6) is -2.12. The zero-order chi connectivity index (χ0) is 9.97. The van der Waals surface area contributed by atoms with Gasteiger partial charge in [-0.25, -0.2) is 8.78 Å². The van der Waals surface area contributed by atoms with Crippen molar-refractivity contribution < 1.29 is 8.78 Å². The highest BCUT2D eigenvalue weighted by Crippen LogP contribution is 2.52. The highest BCUT2D eigenvalue weighted by atomic mass is 19.3. The third kappa shape index (κ3) is 1.28. The molecule has 1 heterocycles. The summed E-state index contributed by atoms with van der Waals surface area (Å²) < 4.78 is 26.9. The molecule has 0 aromatic heterocycles. The van der Waals surface area contributed by atoms with Crippen molar-refractivity contribution in [3.63, 3.8) is 0 Å². The summed E-state index contributed by atoms with van der Waals surface area (Å²) in [6, 6.07) is -0.426. The van der Waals surface area contributed by atoms with E-state index in [0.29, 0.717) is 5.41 Å². The van der Waals surface area contributed by atoms with Crippen LogP contribution in [0.4, 0.5) is 8.78 Å². The first-order chi connectivity index (χ1) is 6.49. The van der Waals surface area contributed by atoms with Crippen LogP contribution in [0.5, 0.6) is 0 Å². The fraction of sp³-hybridized carbons (Fsp3) is 1.00. The molecule has 2 unspecified atom stereocenters. The van der Waals surface area contributed by atoms with Crippen molar-refractivity contribution in [1.29, 1.82) is 0 Å². The minimum absolute atomic E-state index is 0.144. The predicted molar refractivity (Wildman–Crippen MR) is 50.4 cm³/mol. The molecule has 1 nitrogen and oxygen atoms in total. The van der Waals surface area contributed by atoms with E-state index in [9.17, 15) is 8.78 Å². The molecule has 0 N–H and O–H groups in total. The Hall–Kier alpha value is -0.180. The van der Waals surface area contributed by atoms with Gasteiger partial charge in [0.05, 0.1) is 6.04 Å². The second kappa shape index (κ2) is 2.49. The van der Waals surface area contributed by atoms with Gasteiger partial charge in [0, 0.05) is 19.5 Å². The van der Waals surface area contributed by atoms with Gasteiger partial charge in [-0.2, -0.15) is 0 Å². The van der Waals surface area contributed by atoms with E-state index in [2.05, 4.69) is 11.8 Å². The molecule has 3 heteroatoms. The molecule has 80 valence electrons. The van der Waals surface area contributed by atoms with Crippen molar-refractivity contribution in [1.82, 2.24) is 4.90 Å². The lowest BCUT2D eigenvalue weighted by Crippen LogP contribution is -2.47. The van der Waals surface area contributed by atoms with E-state index in [1.165, 1.54) is 12.8 Å². The third-order valence-corrected chi connectivity index (χ3v) is 4.23. The lowest BCUT2D eigenvalue weighted by atomic mass is 10.0. The molecule has 0 aromatic rings. The van der Waals surface area contributed by atoms with E-state index in [4.69, 9.17) is 0 Å². The molecule has 0 amide bonds. The van der Waals surface area contributed by atoms with E-state index in [1.807, 2.05) is 0 Å². The molecule has 2 bridgehead atoms. The standard InChI is InChI=1S/C11H17F2N/c1-10(2-3-10)7-14-6-8-4-9(14)11(12,13)5-8/h8-9H,2-7H2,1H3. The quantitative estimate of drug-likeness (QED) is 0.663. The van der Waals surface area contributed by atoms with Crippen molar-refractivity contribution in [2.45, 2.75) is 44.6 Å². The Morgan fingerprint density at radius 1 is 1.36 bits per heavy atom. The van der Waals surface area contributed by atoms with E-state index in [1.54, 1.807) is 0 Å². The first-order valence-corrected chi connectivity index (χ1v) is 5.60. The SMILES string of the molecule is CC1(CN2CC3CC2C(F)(F)C3)CC1. The molecule has 0 aromatic carbocycles. The Kier molecular flexibility index (Phi) is 1.61. The van der Waals surface area contributed by atoms with Gasteiger partial charge >= 0.3 is 0 Å². The summed E-state index contributed by atoms with van der Waals surface area (Å²) in [6.45, 7) is 4.05. The van der Waals surface area contributed by atoms with Gasteiger partial charge < -0.3 is 0 Å². The largest absolute Gasteiger partial charge is 0.294 e. The van der Waals surface area contributed by atoms with Crippen LogP contribution in [0.2, 0.25) is 0 Å². The van der Waals surface area contributed by atoms with Crippen LogP contribution in [0.15, 0.2) is 0 Å². The number of hydrogen-bond acceptors (Lipinski definition) is 1. The second-order valence-corrected chi connectivity index (χ2v) is 5.82. The summed E-state index contributed by atoms with van der Waals surface area (Å²) >= 11 is 0. The number of alkyl halides is 2. The Morgan fingerprint density at radius 3 is 2.57 bits per heavy atom. The molecule has 2 saturated carbocycles.